The lowest BCUT2D eigenvalue weighted by atomic mass is 10.2. The van der Waals surface area contributed by atoms with Crippen molar-refractivity contribution in [2.75, 3.05) is 32.6 Å². The van der Waals surface area contributed by atoms with Gasteiger partial charge in [0, 0.05) is 19.2 Å². The molecular weight excluding hydrogens is 542 g/mol. The van der Waals surface area contributed by atoms with Crippen molar-refractivity contribution in [1.29, 1.82) is 0 Å². The molecule has 0 saturated heterocycles. The van der Waals surface area contributed by atoms with Gasteiger partial charge in [0.05, 0.1) is 17.3 Å². The lowest BCUT2D eigenvalue weighted by Gasteiger charge is -2.12. The number of hydrogen-bond donors (Lipinski definition) is 1. The SMILES string of the molecule is C=COC(=O)CCCCOc1ccc(OCOc2ccc(OCOc3ccc(NC)cc3)cc2)cc1Br. The Morgan fingerprint density at radius 2 is 1.35 bits per heavy atom. The molecule has 0 aromatic heterocycles. The number of benzene rings is 3. The maximum Gasteiger partial charge on any atom is 0.310 e. The van der Waals surface area contributed by atoms with E-state index in [4.69, 9.17) is 23.7 Å². The van der Waals surface area contributed by atoms with Gasteiger partial charge in [-0.15, -0.1) is 0 Å². The summed E-state index contributed by atoms with van der Waals surface area (Å²) in [7, 11) is 1.87. The van der Waals surface area contributed by atoms with Crippen LogP contribution in [0.1, 0.15) is 19.3 Å². The van der Waals surface area contributed by atoms with Gasteiger partial charge in [-0.3, -0.25) is 4.79 Å². The zero-order chi connectivity index (χ0) is 26.3. The molecule has 0 amide bonds. The third-order valence-electron chi connectivity index (χ3n) is 5.02. The Bertz CT molecular complexity index is 1120. The van der Waals surface area contributed by atoms with E-state index in [1.54, 1.807) is 30.3 Å². The second-order valence-electron chi connectivity index (χ2n) is 7.61. The van der Waals surface area contributed by atoms with E-state index >= 15 is 0 Å². The molecule has 0 fully saturated rings. The molecule has 1 N–H and O–H groups in total. The van der Waals surface area contributed by atoms with E-state index in [-0.39, 0.29) is 19.6 Å². The Hall–Kier alpha value is -3.85. The second kappa shape index (κ2) is 15.3. The van der Waals surface area contributed by atoms with Gasteiger partial charge in [0.1, 0.15) is 28.7 Å². The number of hydrogen-bond acceptors (Lipinski definition) is 8. The number of anilines is 1. The van der Waals surface area contributed by atoms with Crippen molar-refractivity contribution in [2.45, 2.75) is 19.3 Å². The quantitative estimate of drug-likeness (QED) is 0.0895. The zero-order valence-corrected chi connectivity index (χ0v) is 22.2. The fourth-order valence-electron chi connectivity index (χ4n) is 3.07. The van der Waals surface area contributed by atoms with Crippen LogP contribution in [0.5, 0.6) is 28.7 Å². The molecule has 37 heavy (non-hydrogen) atoms. The van der Waals surface area contributed by atoms with Crippen molar-refractivity contribution in [3.8, 4) is 28.7 Å². The van der Waals surface area contributed by atoms with E-state index in [1.165, 1.54) is 0 Å². The third kappa shape index (κ3) is 9.97. The minimum Gasteiger partial charge on any atom is -0.492 e. The van der Waals surface area contributed by atoms with E-state index in [0.29, 0.717) is 42.4 Å². The smallest absolute Gasteiger partial charge is 0.310 e. The van der Waals surface area contributed by atoms with Crippen LogP contribution >= 0.6 is 15.9 Å². The molecule has 0 radical (unpaired) electrons. The predicted octanol–water partition coefficient (Wildman–Crippen LogP) is 6.56. The summed E-state index contributed by atoms with van der Waals surface area (Å²) in [4.78, 5) is 11.3. The zero-order valence-electron chi connectivity index (χ0n) is 20.6. The Morgan fingerprint density at radius 1 is 0.811 bits per heavy atom. The highest BCUT2D eigenvalue weighted by atomic mass is 79.9. The van der Waals surface area contributed by atoms with Crippen LogP contribution in [0.15, 0.2) is 84.0 Å². The van der Waals surface area contributed by atoms with Crippen molar-refractivity contribution in [1.82, 2.24) is 0 Å². The standard InChI is InChI=1S/C28H30BrNO7/c1-3-32-28(31)6-4-5-17-33-27-16-15-25(18-26(27)29)37-20-36-24-13-11-23(12-14-24)35-19-34-22-9-7-21(30-2)8-10-22/h3,7-16,18,30H,1,4-6,17,19-20H2,2H3. The van der Waals surface area contributed by atoms with Gasteiger partial charge in [-0.2, -0.15) is 0 Å². The number of esters is 1. The summed E-state index contributed by atoms with van der Waals surface area (Å²) < 4.78 is 33.7. The summed E-state index contributed by atoms with van der Waals surface area (Å²) in [6.07, 6.45) is 2.88. The normalized spacial score (nSPS) is 10.2. The van der Waals surface area contributed by atoms with Crippen LogP contribution in [0.25, 0.3) is 0 Å². The molecule has 3 aromatic carbocycles. The monoisotopic (exact) mass is 571 g/mol. The van der Waals surface area contributed by atoms with Gasteiger partial charge in [0.2, 0.25) is 13.6 Å². The largest absolute Gasteiger partial charge is 0.492 e. The Morgan fingerprint density at radius 3 is 1.89 bits per heavy atom. The fraction of sp³-hybridized carbons (Fsp3) is 0.250. The molecule has 0 aliphatic heterocycles. The first-order valence-corrected chi connectivity index (χ1v) is 12.5. The third-order valence-corrected chi connectivity index (χ3v) is 5.64. The molecule has 3 aromatic rings. The highest BCUT2D eigenvalue weighted by Gasteiger charge is 2.06. The topological polar surface area (TPSA) is 84.5 Å². The summed E-state index contributed by atoms with van der Waals surface area (Å²) in [5.74, 6) is 3.07. The Kier molecular flexibility index (Phi) is 11.5. The average molecular weight is 572 g/mol. The molecule has 0 atom stereocenters. The van der Waals surface area contributed by atoms with Crippen LogP contribution in [0.3, 0.4) is 0 Å². The van der Waals surface area contributed by atoms with Crippen LogP contribution < -0.4 is 29.0 Å². The average Bonchev–Trinajstić information content (AvgIpc) is 2.91. The number of halogens is 1. The number of carbonyl (C=O) groups excluding carboxylic acids is 1. The highest BCUT2D eigenvalue weighted by Crippen LogP contribution is 2.29. The van der Waals surface area contributed by atoms with Crippen LogP contribution in [0.4, 0.5) is 5.69 Å². The van der Waals surface area contributed by atoms with Gasteiger partial charge in [0.25, 0.3) is 0 Å². The number of ether oxygens (including phenoxy) is 6. The van der Waals surface area contributed by atoms with Crippen molar-refractivity contribution in [3.63, 3.8) is 0 Å². The molecule has 0 heterocycles. The molecule has 3 rings (SSSR count). The summed E-state index contributed by atoms with van der Waals surface area (Å²) in [6.45, 7) is 3.98. The van der Waals surface area contributed by atoms with Gasteiger partial charge < -0.3 is 33.7 Å². The van der Waals surface area contributed by atoms with Gasteiger partial charge in [-0.05, 0) is 95.5 Å². The molecule has 0 spiro atoms. The molecule has 0 bridgehead atoms. The van der Waals surface area contributed by atoms with Crippen molar-refractivity contribution < 1.29 is 33.2 Å². The lowest BCUT2D eigenvalue weighted by molar-refractivity contribution is -0.138. The molecular formula is C28H30BrNO7. The number of carbonyl (C=O) groups is 1. The molecule has 9 heteroatoms. The van der Waals surface area contributed by atoms with E-state index < -0.39 is 0 Å². The van der Waals surface area contributed by atoms with Crippen molar-refractivity contribution in [3.05, 3.63) is 84.0 Å². The van der Waals surface area contributed by atoms with Crippen molar-refractivity contribution in [2.24, 2.45) is 0 Å². The minimum absolute atomic E-state index is 0.0411. The summed E-state index contributed by atoms with van der Waals surface area (Å²) in [5.41, 5.74) is 1.01. The summed E-state index contributed by atoms with van der Waals surface area (Å²) in [6, 6.07) is 20.2. The maximum absolute atomic E-state index is 11.3. The molecule has 8 nitrogen and oxygen atoms in total. The van der Waals surface area contributed by atoms with E-state index in [1.807, 2.05) is 43.4 Å². The molecule has 196 valence electrons. The van der Waals surface area contributed by atoms with E-state index in [0.717, 1.165) is 28.6 Å². The number of rotatable bonds is 16. The fourth-order valence-corrected chi connectivity index (χ4v) is 3.55. The van der Waals surface area contributed by atoms with Crippen LogP contribution in [-0.2, 0) is 9.53 Å². The molecule has 0 aliphatic rings. The minimum atomic E-state index is -0.290. The first-order valence-electron chi connectivity index (χ1n) is 11.7. The van der Waals surface area contributed by atoms with Crippen LogP contribution in [-0.4, -0.2) is 33.2 Å². The second-order valence-corrected chi connectivity index (χ2v) is 8.47. The summed E-state index contributed by atoms with van der Waals surface area (Å²) >= 11 is 3.49. The Balaban J connectivity index is 1.33. The Labute approximate surface area is 225 Å². The van der Waals surface area contributed by atoms with E-state index in [2.05, 4.69) is 32.6 Å². The number of nitrogens with one attached hydrogen (secondary N) is 1. The lowest BCUT2D eigenvalue weighted by Crippen LogP contribution is -2.07. The van der Waals surface area contributed by atoms with Crippen LogP contribution in [0, 0.1) is 0 Å². The first kappa shape index (κ1) is 27.7. The van der Waals surface area contributed by atoms with Gasteiger partial charge >= 0.3 is 5.97 Å². The summed E-state index contributed by atoms with van der Waals surface area (Å²) in [5, 5.41) is 3.06. The van der Waals surface area contributed by atoms with Gasteiger partial charge in [-0.25, -0.2) is 0 Å². The molecule has 0 unspecified atom stereocenters. The predicted molar refractivity (Wildman–Crippen MR) is 144 cm³/mol. The first-order chi connectivity index (χ1) is 18.1. The van der Waals surface area contributed by atoms with E-state index in [9.17, 15) is 4.79 Å². The number of unbranched alkanes of at least 4 members (excludes halogenated alkanes) is 1. The molecule has 0 saturated carbocycles. The highest BCUT2D eigenvalue weighted by molar-refractivity contribution is 9.10. The van der Waals surface area contributed by atoms with Gasteiger partial charge in [-0.1, -0.05) is 6.58 Å². The van der Waals surface area contributed by atoms with Gasteiger partial charge in [0.15, 0.2) is 0 Å². The van der Waals surface area contributed by atoms with Crippen LogP contribution in [0.2, 0.25) is 0 Å². The van der Waals surface area contributed by atoms with Crippen molar-refractivity contribution >= 4 is 27.6 Å². The molecule has 0 aliphatic carbocycles. The maximum atomic E-state index is 11.3.